The van der Waals surface area contributed by atoms with E-state index in [0.29, 0.717) is 23.7 Å². The zero-order valence-electron chi connectivity index (χ0n) is 14.7. The van der Waals surface area contributed by atoms with Gasteiger partial charge in [0.05, 0.1) is 18.1 Å². The van der Waals surface area contributed by atoms with Gasteiger partial charge in [-0.2, -0.15) is 0 Å². The molecule has 2 fully saturated rings. The Balaban J connectivity index is 1.65. The number of methoxy groups -OCH3 is 1. The standard InChI is InChI=1S/C21H22N2O3/c1-26-18-5-3-2-4-15(18)21-20-13-7-6-12(10-13)19(20)16-11-14(23(24)25)8-9-17(16)22-21/h2-5,8-9,11-13,19-22H,6-7,10H2,1H3/t12-,13-,19+,20-,21-/m0/s1. The van der Waals surface area contributed by atoms with Crippen molar-refractivity contribution >= 4 is 11.4 Å². The number of para-hydroxylation sites is 1. The van der Waals surface area contributed by atoms with Crippen LogP contribution in [-0.2, 0) is 0 Å². The fourth-order valence-electron chi connectivity index (χ4n) is 5.82. The monoisotopic (exact) mass is 350 g/mol. The lowest BCUT2D eigenvalue weighted by Crippen LogP contribution is -2.35. The van der Waals surface area contributed by atoms with Crippen LogP contribution in [0.1, 0.15) is 42.3 Å². The van der Waals surface area contributed by atoms with Crippen molar-refractivity contribution in [2.24, 2.45) is 17.8 Å². The van der Waals surface area contributed by atoms with E-state index in [2.05, 4.69) is 17.4 Å². The Hall–Kier alpha value is -2.56. The molecule has 0 spiro atoms. The fraction of sp³-hybridized carbons (Fsp3) is 0.429. The maximum atomic E-state index is 11.3. The highest BCUT2D eigenvalue weighted by molar-refractivity contribution is 5.63. The molecular formula is C21H22N2O3. The van der Waals surface area contributed by atoms with Crippen LogP contribution in [0.3, 0.4) is 0 Å². The quantitative estimate of drug-likeness (QED) is 0.632. The zero-order valence-corrected chi connectivity index (χ0v) is 14.7. The summed E-state index contributed by atoms with van der Waals surface area (Å²) in [7, 11) is 1.72. The zero-order chi connectivity index (χ0) is 17.8. The number of nitro benzene ring substituents is 1. The topological polar surface area (TPSA) is 64.4 Å². The number of hydrogen-bond acceptors (Lipinski definition) is 4. The van der Waals surface area contributed by atoms with Gasteiger partial charge in [-0.05, 0) is 60.6 Å². The summed E-state index contributed by atoms with van der Waals surface area (Å²) in [5, 5.41) is 15.0. The lowest BCUT2D eigenvalue weighted by Gasteiger charge is -2.43. The van der Waals surface area contributed by atoms with Crippen LogP contribution in [0.4, 0.5) is 11.4 Å². The maximum absolute atomic E-state index is 11.3. The third-order valence-electron chi connectivity index (χ3n) is 6.76. The van der Waals surface area contributed by atoms with Gasteiger partial charge in [0.15, 0.2) is 0 Å². The van der Waals surface area contributed by atoms with Crippen molar-refractivity contribution in [1.29, 1.82) is 0 Å². The molecule has 2 aromatic rings. The van der Waals surface area contributed by atoms with Crippen molar-refractivity contribution in [2.45, 2.75) is 31.2 Å². The number of nitro groups is 1. The molecule has 2 bridgehead atoms. The third kappa shape index (κ3) is 2.16. The highest BCUT2D eigenvalue weighted by Gasteiger charge is 2.54. The molecule has 5 nitrogen and oxygen atoms in total. The summed E-state index contributed by atoms with van der Waals surface area (Å²) in [6.45, 7) is 0. The number of benzene rings is 2. The van der Waals surface area contributed by atoms with E-state index in [1.54, 1.807) is 19.2 Å². The first-order chi connectivity index (χ1) is 12.7. The van der Waals surface area contributed by atoms with E-state index in [1.807, 2.05) is 18.2 Å². The minimum Gasteiger partial charge on any atom is -0.496 e. The van der Waals surface area contributed by atoms with E-state index in [9.17, 15) is 10.1 Å². The van der Waals surface area contributed by atoms with Gasteiger partial charge in [0, 0.05) is 23.4 Å². The molecular weight excluding hydrogens is 328 g/mol. The van der Waals surface area contributed by atoms with E-state index in [1.165, 1.54) is 24.8 Å². The predicted octanol–water partition coefficient (Wildman–Crippen LogP) is 4.90. The third-order valence-corrected chi connectivity index (χ3v) is 6.76. The van der Waals surface area contributed by atoms with Gasteiger partial charge in [-0.15, -0.1) is 0 Å². The molecule has 1 aliphatic heterocycles. The Morgan fingerprint density at radius 2 is 1.92 bits per heavy atom. The fourth-order valence-corrected chi connectivity index (χ4v) is 5.82. The smallest absolute Gasteiger partial charge is 0.269 e. The van der Waals surface area contributed by atoms with Crippen LogP contribution >= 0.6 is 0 Å². The molecule has 0 amide bonds. The van der Waals surface area contributed by atoms with Crippen molar-refractivity contribution in [3.05, 3.63) is 63.7 Å². The van der Waals surface area contributed by atoms with Gasteiger partial charge < -0.3 is 10.1 Å². The van der Waals surface area contributed by atoms with E-state index in [0.717, 1.165) is 17.0 Å². The predicted molar refractivity (Wildman–Crippen MR) is 99.5 cm³/mol. The number of non-ortho nitro benzene ring substituents is 1. The van der Waals surface area contributed by atoms with Gasteiger partial charge >= 0.3 is 0 Å². The largest absolute Gasteiger partial charge is 0.496 e. The second-order valence-electron chi connectivity index (χ2n) is 7.83. The minimum absolute atomic E-state index is 0.195. The van der Waals surface area contributed by atoms with Gasteiger partial charge in [-0.3, -0.25) is 10.1 Å². The molecule has 2 aliphatic carbocycles. The molecule has 3 aliphatic rings. The second kappa shape index (κ2) is 5.73. The first kappa shape index (κ1) is 15.7. The van der Waals surface area contributed by atoms with Crippen LogP contribution in [0, 0.1) is 27.9 Å². The van der Waals surface area contributed by atoms with Crippen molar-refractivity contribution < 1.29 is 9.66 Å². The minimum atomic E-state index is -0.283. The average molecular weight is 350 g/mol. The Morgan fingerprint density at radius 1 is 1.12 bits per heavy atom. The number of nitrogens with zero attached hydrogens (tertiary/aromatic N) is 1. The molecule has 2 saturated carbocycles. The average Bonchev–Trinajstić information content (AvgIpc) is 3.29. The van der Waals surface area contributed by atoms with Crippen molar-refractivity contribution in [2.75, 3.05) is 12.4 Å². The molecule has 26 heavy (non-hydrogen) atoms. The highest BCUT2D eigenvalue weighted by Crippen LogP contribution is 2.64. The van der Waals surface area contributed by atoms with Gasteiger partial charge in [0.2, 0.25) is 0 Å². The number of fused-ring (bicyclic) bond motifs is 7. The maximum Gasteiger partial charge on any atom is 0.269 e. The summed E-state index contributed by atoms with van der Waals surface area (Å²) < 4.78 is 5.64. The molecule has 2 aromatic carbocycles. The van der Waals surface area contributed by atoms with Crippen molar-refractivity contribution in [3.8, 4) is 5.75 Å². The Bertz CT molecular complexity index is 881. The highest BCUT2D eigenvalue weighted by atomic mass is 16.6. The summed E-state index contributed by atoms with van der Waals surface area (Å²) in [4.78, 5) is 11.0. The molecule has 5 atom stereocenters. The van der Waals surface area contributed by atoms with Crippen LogP contribution in [0.2, 0.25) is 0 Å². The summed E-state index contributed by atoms with van der Waals surface area (Å²) >= 11 is 0. The molecule has 0 aromatic heterocycles. The number of anilines is 1. The SMILES string of the molecule is COc1ccccc1[C@@H]1Nc2ccc([N+](=O)[O-])cc2[C@H]2[C@H]3CC[C@@H](C3)[C@@H]21. The Labute approximate surface area is 152 Å². The Morgan fingerprint density at radius 3 is 2.73 bits per heavy atom. The van der Waals surface area contributed by atoms with Gasteiger partial charge in [0.25, 0.3) is 5.69 Å². The number of nitrogens with one attached hydrogen (secondary N) is 1. The van der Waals surface area contributed by atoms with Crippen LogP contribution in [0.5, 0.6) is 5.75 Å². The summed E-state index contributed by atoms with van der Waals surface area (Å²) in [5.41, 5.74) is 3.58. The van der Waals surface area contributed by atoms with E-state index in [-0.39, 0.29) is 16.7 Å². The summed E-state index contributed by atoms with van der Waals surface area (Å²) in [5.74, 6) is 3.11. The van der Waals surface area contributed by atoms with E-state index >= 15 is 0 Å². The molecule has 0 radical (unpaired) electrons. The first-order valence-corrected chi connectivity index (χ1v) is 9.35. The molecule has 1 heterocycles. The lowest BCUT2D eigenvalue weighted by molar-refractivity contribution is -0.384. The molecule has 0 unspecified atom stereocenters. The van der Waals surface area contributed by atoms with Crippen LogP contribution < -0.4 is 10.1 Å². The number of rotatable bonds is 3. The molecule has 5 heteroatoms. The van der Waals surface area contributed by atoms with Crippen LogP contribution in [0.15, 0.2) is 42.5 Å². The van der Waals surface area contributed by atoms with Gasteiger partial charge in [-0.1, -0.05) is 18.2 Å². The first-order valence-electron chi connectivity index (χ1n) is 9.35. The number of ether oxygens (including phenoxy) is 1. The van der Waals surface area contributed by atoms with Crippen molar-refractivity contribution in [1.82, 2.24) is 0 Å². The summed E-state index contributed by atoms with van der Waals surface area (Å²) in [6.07, 6.45) is 3.75. The van der Waals surface area contributed by atoms with Gasteiger partial charge in [-0.25, -0.2) is 0 Å². The van der Waals surface area contributed by atoms with E-state index in [4.69, 9.17) is 4.74 Å². The molecule has 0 saturated heterocycles. The molecule has 1 N–H and O–H groups in total. The second-order valence-corrected chi connectivity index (χ2v) is 7.83. The molecule has 134 valence electrons. The normalized spacial score (nSPS) is 31.0. The molecule has 5 rings (SSSR count). The van der Waals surface area contributed by atoms with Crippen molar-refractivity contribution in [3.63, 3.8) is 0 Å². The van der Waals surface area contributed by atoms with E-state index < -0.39 is 0 Å². The number of hydrogen-bond donors (Lipinski definition) is 1. The van der Waals surface area contributed by atoms with Crippen LogP contribution in [0.25, 0.3) is 0 Å². The Kier molecular flexibility index (Phi) is 3.45. The lowest BCUT2D eigenvalue weighted by atomic mass is 9.68. The van der Waals surface area contributed by atoms with Gasteiger partial charge in [0.1, 0.15) is 5.75 Å². The summed E-state index contributed by atoms with van der Waals surface area (Å²) in [6, 6.07) is 13.7. The van der Waals surface area contributed by atoms with Crippen LogP contribution in [-0.4, -0.2) is 12.0 Å².